The number of aryl methyl sites for hydroxylation is 2. The highest BCUT2D eigenvalue weighted by molar-refractivity contribution is 5.62. The van der Waals surface area contributed by atoms with E-state index in [2.05, 4.69) is 42.0 Å². The van der Waals surface area contributed by atoms with E-state index in [1.54, 1.807) is 6.07 Å². The Labute approximate surface area is 101 Å². The second-order valence-corrected chi connectivity index (χ2v) is 4.21. The zero-order valence-electron chi connectivity index (χ0n) is 10.3. The van der Waals surface area contributed by atoms with Crippen molar-refractivity contribution >= 4 is 17.3 Å². The summed E-state index contributed by atoms with van der Waals surface area (Å²) in [7, 11) is 1.97. The first-order valence-corrected chi connectivity index (χ1v) is 5.46. The van der Waals surface area contributed by atoms with Crippen LogP contribution >= 0.6 is 0 Å². The van der Waals surface area contributed by atoms with Gasteiger partial charge in [0, 0.05) is 18.8 Å². The molecule has 0 saturated carbocycles. The number of hydrogen-bond acceptors (Lipinski definition) is 4. The van der Waals surface area contributed by atoms with Gasteiger partial charge in [0.15, 0.2) is 0 Å². The number of aromatic nitrogens is 2. The number of anilines is 3. The first kappa shape index (κ1) is 11.4. The Morgan fingerprint density at radius 1 is 1.00 bits per heavy atom. The van der Waals surface area contributed by atoms with E-state index in [1.165, 1.54) is 17.5 Å². The van der Waals surface area contributed by atoms with Gasteiger partial charge >= 0.3 is 0 Å². The molecule has 1 aromatic carbocycles. The van der Waals surface area contributed by atoms with E-state index in [0.717, 1.165) is 11.5 Å². The molecule has 88 valence electrons. The summed E-state index contributed by atoms with van der Waals surface area (Å²) >= 11 is 0. The highest BCUT2D eigenvalue weighted by Crippen LogP contribution is 2.24. The molecule has 0 bridgehead atoms. The lowest BCUT2D eigenvalue weighted by molar-refractivity contribution is 1.08. The number of benzene rings is 1. The van der Waals surface area contributed by atoms with Gasteiger partial charge in [0.1, 0.15) is 18.0 Å². The van der Waals surface area contributed by atoms with Crippen LogP contribution in [-0.4, -0.2) is 17.0 Å². The maximum absolute atomic E-state index is 5.66. The highest BCUT2D eigenvalue weighted by atomic mass is 15.2. The molecular formula is C13H16N4. The van der Waals surface area contributed by atoms with Crippen LogP contribution < -0.4 is 10.6 Å². The van der Waals surface area contributed by atoms with Gasteiger partial charge in [-0.05, 0) is 37.1 Å². The first-order chi connectivity index (χ1) is 8.06. The molecule has 0 unspecified atom stereocenters. The van der Waals surface area contributed by atoms with Crippen molar-refractivity contribution in [1.29, 1.82) is 0 Å². The van der Waals surface area contributed by atoms with E-state index < -0.39 is 0 Å². The third kappa shape index (κ3) is 2.53. The standard InChI is InChI=1S/C13H16N4/c1-9-4-10(2)6-11(5-9)17(3)13-7-12(14)15-8-16-13/h4-8H,1-3H3,(H2,14,15,16). The van der Waals surface area contributed by atoms with E-state index in [9.17, 15) is 0 Å². The van der Waals surface area contributed by atoms with Gasteiger partial charge < -0.3 is 10.6 Å². The summed E-state index contributed by atoms with van der Waals surface area (Å²) in [5.41, 5.74) is 9.22. The summed E-state index contributed by atoms with van der Waals surface area (Å²) in [6.45, 7) is 4.16. The average molecular weight is 228 g/mol. The van der Waals surface area contributed by atoms with Crippen molar-refractivity contribution in [1.82, 2.24) is 9.97 Å². The van der Waals surface area contributed by atoms with Crippen molar-refractivity contribution in [3.8, 4) is 0 Å². The van der Waals surface area contributed by atoms with E-state index in [-0.39, 0.29) is 0 Å². The topological polar surface area (TPSA) is 55.0 Å². The van der Waals surface area contributed by atoms with Crippen molar-refractivity contribution in [2.75, 3.05) is 17.7 Å². The van der Waals surface area contributed by atoms with Gasteiger partial charge in [-0.1, -0.05) is 6.07 Å². The van der Waals surface area contributed by atoms with Crippen LogP contribution in [0.4, 0.5) is 17.3 Å². The molecule has 0 aliphatic heterocycles. The van der Waals surface area contributed by atoms with Gasteiger partial charge in [0.2, 0.25) is 0 Å². The Hall–Kier alpha value is -2.10. The van der Waals surface area contributed by atoms with Crippen LogP contribution in [-0.2, 0) is 0 Å². The molecule has 1 heterocycles. The van der Waals surface area contributed by atoms with E-state index in [4.69, 9.17) is 5.73 Å². The van der Waals surface area contributed by atoms with Crippen molar-refractivity contribution in [2.24, 2.45) is 0 Å². The normalized spacial score (nSPS) is 10.3. The molecule has 0 radical (unpaired) electrons. The Balaban J connectivity index is 2.39. The van der Waals surface area contributed by atoms with E-state index >= 15 is 0 Å². The number of nitrogens with two attached hydrogens (primary N) is 1. The summed E-state index contributed by atoms with van der Waals surface area (Å²) in [5, 5.41) is 0. The summed E-state index contributed by atoms with van der Waals surface area (Å²) in [6, 6.07) is 8.14. The smallest absolute Gasteiger partial charge is 0.138 e. The van der Waals surface area contributed by atoms with Crippen LogP contribution in [0.3, 0.4) is 0 Å². The quantitative estimate of drug-likeness (QED) is 0.857. The minimum atomic E-state index is 0.478. The Morgan fingerprint density at radius 3 is 2.24 bits per heavy atom. The minimum absolute atomic E-state index is 0.478. The summed E-state index contributed by atoms with van der Waals surface area (Å²) in [6.07, 6.45) is 1.48. The number of nitrogens with zero attached hydrogens (tertiary/aromatic N) is 3. The van der Waals surface area contributed by atoms with Gasteiger partial charge in [-0.3, -0.25) is 0 Å². The molecule has 0 aliphatic rings. The van der Waals surface area contributed by atoms with E-state index in [1.807, 2.05) is 11.9 Å². The number of nitrogen functional groups attached to an aromatic ring is 1. The molecule has 4 nitrogen and oxygen atoms in total. The van der Waals surface area contributed by atoms with Crippen LogP contribution in [0.5, 0.6) is 0 Å². The van der Waals surface area contributed by atoms with Crippen molar-refractivity contribution in [3.05, 3.63) is 41.7 Å². The van der Waals surface area contributed by atoms with Crippen LogP contribution in [0.2, 0.25) is 0 Å². The van der Waals surface area contributed by atoms with Gasteiger partial charge in [-0.2, -0.15) is 0 Å². The molecular weight excluding hydrogens is 212 g/mol. The molecule has 0 amide bonds. The summed E-state index contributed by atoms with van der Waals surface area (Å²) < 4.78 is 0. The van der Waals surface area contributed by atoms with Gasteiger partial charge in [-0.25, -0.2) is 9.97 Å². The first-order valence-electron chi connectivity index (χ1n) is 5.46. The lowest BCUT2D eigenvalue weighted by atomic mass is 10.1. The summed E-state index contributed by atoms with van der Waals surface area (Å²) in [4.78, 5) is 10.1. The number of rotatable bonds is 2. The van der Waals surface area contributed by atoms with Crippen LogP contribution in [0.1, 0.15) is 11.1 Å². The molecule has 0 spiro atoms. The fourth-order valence-corrected chi connectivity index (χ4v) is 1.82. The van der Waals surface area contributed by atoms with Gasteiger partial charge in [0.25, 0.3) is 0 Å². The highest BCUT2D eigenvalue weighted by Gasteiger charge is 2.06. The minimum Gasteiger partial charge on any atom is -0.384 e. The molecule has 0 saturated heterocycles. The van der Waals surface area contributed by atoms with Crippen molar-refractivity contribution in [3.63, 3.8) is 0 Å². The van der Waals surface area contributed by atoms with Crippen LogP contribution in [0, 0.1) is 13.8 Å². The second-order valence-electron chi connectivity index (χ2n) is 4.21. The molecule has 1 aromatic heterocycles. The predicted octanol–water partition coefficient (Wildman–Crippen LogP) is 2.44. The Bertz CT molecular complexity index is 516. The monoisotopic (exact) mass is 228 g/mol. The zero-order chi connectivity index (χ0) is 12.4. The molecule has 2 N–H and O–H groups in total. The lowest BCUT2D eigenvalue weighted by Gasteiger charge is -2.19. The fourth-order valence-electron chi connectivity index (χ4n) is 1.82. The Morgan fingerprint density at radius 2 is 1.65 bits per heavy atom. The lowest BCUT2D eigenvalue weighted by Crippen LogP contribution is -2.12. The van der Waals surface area contributed by atoms with Crippen molar-refractivity contribution < 1.29 is 0 Å². The van der Waals surface area contributed by atoms with Crippen LogP contribution in [0.25, 0.3) is 0 Å². The fraction of sp³-hybridized carbons (Fsp3) is 0.231. The molecule has 0 aliphatic carbocycles. The summed E-state index contributed by atoms with van der Waals surface area (Å²) in [5.74, 6) is 1.27. The third-order valence-electron chi connectivity index (χ3n) is 2.61. The SMILES string of the molecule is Cc1cc(C)cc(N(C)c2cc(N)ncn2)c1. The average Bonchev–Trinajstić information content (AvgIpc) is 2.26. The molecule has 4 heteroatoms. The molecule has 17 heavy (non-hydrogen) atoms. The van der Waals surface area contributed by atoms with E-state index in [0.29, 0.717) is 5.82 Å². The van der Waals surface area contributed by atoms with Gasteiger partial charge in [0.05, 0.1) is 0 Å². The molecule has 0 fully saturated rings. The molecule has 2 rings (SSSR count). The van der Waals surface area contributed by atoms with Gasteiger partial charge in [-0.15, -0.1) is 0 Å². The molecule has 0 atom stereocenters. The third-order valence-corrected chi connectivity index (χ3v) is 2.61. The second kappa shape index (κ2) is 4.41. The maximum atomic E-state index is 5.66. The molecule has 2 aromatic rings. The van der Waals surface area contributed by atoms with Crippen LogP contribution in [0.15, 0.2) is 30.6 Å². The largest absolute Gasteiger partial charge is 0.384 e. The number of hydrogen-bond donors (Lipinski definition) is 1. The Kier molecular flexibility index (Phi) is 2.95. The zero-order valence-corrected chi connectivity index (χ0v) is 10.3. The predicted molar refractivity (Wildman–Crippen MR) is 70.4 cm³/mol. The maximum Gasteiger partial charge on any atom is 0.138 e. The van der Waals surface area contributed by atoms with Crippen molar-refractivity contribution in [2.45, 2.75) is 13.8 Å².